The van der Waals surface area contributed by atoms with Gasteiger partial charge in [0.1, 0.15) is 15.2 Å². The van der Waals surface area contributed by atoms with Crippen LogP contribution in [0.15, 0.2) is 42.5 Å². The van der Waals surface area contributed by atoms with Crippen LogP contribution in [0.25, 0.3) is 22.4 Å². The zero-order valence-corrected chi connectivity index (χ0v) is 42.6. The van der Waals surface area contributed by atoms with E-state index in [0.29, 0.717) is 17.0 Å². The number of hydrogen-bond donors (Lipinski definition) is 0. The van der Waals surface area contributed by atoms with Crippen molar-refractivity contribution in [1.82, 2.24) is 4.98 Å². The second-order valence-electron chi connectivity index (χ2n) is 23.3. The van der Waals surface area contributed by atoms with Crippen LogP contribution in [0, 0.1) is 71.0 Å². The highest BCUT2D eigenvalue weighted by Crippen LogP contribution is 2.49. The quantitative estimate of drug-likeness (QED) is 0.106. The van der Waals surface area contributed by atoms with Crippen LogP contribution in [0.2, 0.25) is 0 Å². The van der Waals surface area contributed by atoms with Crippen molar-refractivity contribution < 1.29 is 19.1 Å². The highest BCUT2D eigenvalue weighted by molar-refractivity contribution is 7.19. The molecule has 0 N–H and O–H groups in total. The minimum absolute atomic E-state index is 0.0707. The predicted octanol–water partition coefficient (Wildman–Crippen LogP) is 17.5. The molecule has 0 aliphatic heterocycles. The highest BCUT2D eigenvalue weighted by Gasteiger charge is 2.38. The molecule has 3 aromatic rings. The van der Waals surface area contributed by atoms with Gasteiger partial charge in [0.15, 0.2) is 11.5 Å². The summed E-state index contributed by atoms with van der Waals surface area (Å²) in [5.41, 5.74) is 1.70. The Labute approximate surface area is 409 Å². The summed E-state index contributed by atoms with van der Waals surface area (Å²) in [7, 11) is 0. The molecule has 5 nitrogen and oxygen atoms in total. The third-order valence-electron chi connectivity index (χ3n) is 19.4. The number of carbonyl (C=O) groups is 2. The second-order valence-corrected chi connectivity index (χ2v) is 24.3. The molecule has 6 heteroatoms. The molecule has 6 aliphatic rings. The van der Waals surface area contributed by atoms with Crippen molar-refractivity contribution in [3.63, 3.8) is 0 Å². The Balaban J connectivity index is 0.763. The van der Waals surface area contributed by atoms with Gasteiger partial charge in [0.2, 0.25) is 0 Å². The highest BCUT2D eigenvalue weighted by atomic mass is 32.1. The van der Waals surface area contributed by atoms with Crippen LogP contribution < -0.4 is 9.47 Å². The fourth-order valence-electron chi connectivity index (χ4n) is 15.0. The number of nitrogens with zero attached hydrogens (tertiary/aromatic N) is 1. The Bertz CT molecular complexity index is 1890. The number of hydrogen-bond acceptors (Lipinski definition) is 6. The van der Waals surface area contributed by atoms with Crippen LogP contribution in [0.3, 0.4) is 0 Å². The van der Waals surface area contributed by atoms with Gasteiger partial charge in [-0.2, -0.15) is 0 Å². The topological polar surface area (TPSA) is 65.5 Å². The average molecular weight is 930 g/mol. The van der Waals surface area contributed by atoms with Gasteiger partial charge >= 0.3 is 11.9 Å². The van der Waals surface area contributed by atoms with Crippen LogP contribution >= 0.6 is 11.3 Å². The van der Waals surface area contributed by atoms with Crippen LogP contribution in [-0.2, 0) is 9.59 Å². The molecule has 0 bridgehead atoms. The summed E-state index contributed by atoms with van der Waals surface area (Å²) in [4.78, 5) is 32.8. The summed E-state index contributed by atoms with van der Waals surface area (Å²) in [5, 5.41) is 0.796. The number of carbonyl (C=O) groups excluding carboxylic acids is 2. The molecular weight excluding hydrogens is 843 g/mol. The molecular formula is C61H87NO4S. The van der Waals surface area contributed by atoms with Crippen molar-refractivity contribution in [3.05, 3.63) is 53.0 Å². The lowest BCUT2D eigenvalue weighted by Gasteiger charge is -2.41. The van der Waals surface area contributed by atoms with E-state index in [4.69, 9.17) is 14.5 Å². The first kappa shape index (κ1) is 49.0. The molecule has 0 radical (unpaired) electrons. The van der Waals surface area contributed by atoms with Crippen molar-refractivity contribution in [2.24, 2.45) is 71.0 Å². The van der Waals surface area contributed by atoms with E-state index in [-0.39, 0.29) is 23.8 Å². The third-order valence-corrected chi connectivity index (χ3v) is 20.4. The van der Waals surface area contributed by atoms with E-state index in [1.807, 2.05) is 36.4 Å². The lowest BCUT2D eigenvalue weighted by Crippen LogP contribution is -2.32. The Hall–Kier alpha value is -2.99. The summed E-state index contributed by atoms with van der Waals surface area (Å²) in [6.07, 6.45) is 43.8. The molecule has 0 amide bonds. The maximum absolute atomic E-state index is 13.9. The molecule has 9 rings (SSSR count). The first-order valence-corrected chi connectivity index (χ1v) is 29.3. The lowest BCUT2D eigenvalue weighted by molar-refractivity contribution is -0.141. The Morgan fingerprint density at radius 3 is 1.28 bits per heavy atom. The summed E-state index contributed by atoms with van der Waals surface area (Å²) >= 11 is 1.50. The summed E-state index contributed by atoms with van der Waals surface area (Å²) in [6.45, 7) is 4.66. The molecule has 6 saturated carbocycles. The molecule has 0 unspecified atom stereocenters. The van der Waals surface area contributed by atoms with Gasteiger partial charge in [0.05, 0.1) is 11.8 Å². The monoisotopic (exact) mass is 930 g/mol. The molecule has 6 fully saturated rings. The molecule has 67 heavy (non-hydrogen) atoms. The van der Waals surface area contributed by atoms with Crippen LogP contribution in [-0.4, -0.2) is 16.9 Å². The number of fused-ring (bicyclic) bond motifs is 1. The van der Waals surface area contributed by atoms with Gasteiger partial charge in [-0.3, -0.25) is 9.59 Å². The van der Waals surface area contributed by atoms with E-state index >= 15 is 0 Å². The Kier molecular flexibility index (Phi) is 17.7. The van der Waals surface area contributed by atoms with Gasteiger partial charge in [-0.05, 0) is 211 Å². The zero-order chi connectivity index (χ0) is 46.0. The molecule has 1 aromatic heterocycles. The molecule has 1 heterocycles. The smallest absolute Gasteiger partial charge is 0.314 e. The molecule has 0 atom stereocenters. The van der Waals surface area contributed by atoms with Gasteiger partial charge in [0, 0.05) is 0 Å². The lowest BCUT2D eigenvalue weighted by atomic mass is 9.65. The van der Waals surface area contributed by atoms with Crippen LogP contribution in [0.4, 0.5) is 0 Å². The molecule has 366 valence electrons. The van der Waals surface area contributed by atoms with Crippen LogP contribution in [0.1, 0.15) is 217 Å². The maximum atomic E-state index is 13.9. The first-order chi connectivity index (χ1) is 32.9. The minimum atomic E-state index is -0.132. The SMILES string of the molecule is CCCCC1CCC(C2CCC(C3CCC(C(=O)Oc4ccc(OC(=O)C5CCC(C6CCC(C7CCC(CCCC)CC7)CC6)CC5)c5sc(C=Cc6ccccc6)nc45)CC3)CC2)CC1. The fourth-order valence-corrected chi connectivity index (χ4v) is 16.0. The normalized spacial score (nSPS) is 33.1. The third kappa shape index (κ3) is 12.9. The van der Waals surface area contributed by atoms with E-state index in [1.165, 1.54) is 153 Å². The second kappa shape index (κ2) is 24.2. The summed E-state index contributed by atoms with van der Waals surface area (Å²) < 4.78 is 13.4. The van der Waals surface area contributed by atoms with E-state index in [9.17, 15) is 9.59 Å². The van der Waals surface area contributed by atoms with Gasteiger partial charge in [-0.25, -0.2) is 4.98 Å². The fraction of sp³-hybridized carbons (Fsp3) is 0.721. The van der Waals surface area contributed by atoms with E-state index in [0.717, 1.165) is 126 Å². The predicted molar refractivity (Wildman–Crippen MR) is 278 cm³/mol. The number of benzene rings is 2. The first-order valence-electron chi connectivity index (χ1n) is 28.5. The van der Waals surface area contributed by atoms with E-state index < -0.39 is 0 Å². The number of aromatic nitrogens is 1. The van der Waals surface area contributed by atoms with E-state index in [1.54, 1.807) is 0 Å². The standard InChI is InChI=1S/C61H87NO4S/c1-3-5-10-43-14-19-45(20-15-43)47-23-27-49(28-24-47)51-31-35-53(36-32-51)60(63)65-55-39-40-56(59-58(55)62-57(67-59)41-18-42-12-8-7-9-13-42)66-61(64)54-37-33-52(34-38-54)50-29-25-48(26-30-50)46-21-16-44(17-22-46)11-6-4-2/h7-9,12-13,18,39-41,43-54H,3-6,10-11,14-17,19-38H2,1-2H3. The number of unbranched alkanes of at least 4 members (excludes halogenated alkanes) is 2. The maximum Gasteiger partial charge on any atom is 0.314 e. The Morgan fingerprint density at radius 1 is 0.493 bits per heavy atom. The molecule has 0 saturated heterocycles. The van der Waals surface area contributed by atoms with Crippen molar-refractivity contribution in [2.45, 2.75) is 206 Å². The summed E-state index contributed by atoms with van der Waals surface area (Å²) in [5.74, 6) is 9.63. The van der Waals surface area contributed by atoms with Crippen molar-refractivity contribution in [2.75, 3.05) is 0 Å². The van der Waals surface area contributed by atoms with Crippen molar-refractivity contribution in [3.8, 4) is 11.5 Å². The molecule has 6 aliphatic carbocycles. The van der Waals surface area contributed by atoms with Crippen molar-refractivity contribution >= 4 is 45.6 Å². The van der Waals surface area contributed by atoms with Gasteiger partial charge in [-0.15, -0.1) is 11.3 Å². The van der Waals surface area contributed by atoms with Gasteiger partial charge in [0.25, 0.3) is 0 Å². The molecule has 2 aromatic carbocycles. The van der Waals surface area contributed by atoms with Gasteiger partial charge < -0.3 is 9.47 Å². The average Bonchev–Trinajstić information content (AvgIpc) is 3.83. The van der Waals surface area contributed by atoms with Crippen LogP contribution in [0.5, 0.6) is 11.5 Å². The zero-order valence-electron chi connectivity index (χ0n) is 41.8. The largest absolute Gasteiger partial charge is 0.425 e. The van der Waals surface area contributed by atoms with E-state index in [2.05, 4.69) is 32.1 Å². The molecule has 0 spiro atoms. The van der Waals surface area contributed by atoms with Gasteiger partial charge in [-0.1, -0.05) is 114 Å². The number of rotatable bonds is 16. The Morgan fingerprint density at radius 2 is 0.866 bits per heavy atom. The number of thiazole rings is 1. The minimum Gasteiger partial charge on any atom is -0.425 e. The van der Waals surface area contributed by atoms with Crippen molar-refractivity contribution in [1.29, 1.82) is 0 Å². The summed E-state index contributed by atoms with van der Waals surface area (Å²) in [6, 6.07) is 13.9. The number of ether oxygens (including phenoxy) is 2. The number of esters is 2.